The number of nitriles is 1. The van der Waals surface area contributed by atoms with Crippen molar-refractivity contribution in [3.8, 4) is 11.8 Å². The van der Waals surface area contributed by atoms with Crippen molar-refractivity contribution in [3.05, 3.63) is 29.8 Å². The summed E-state index contributed by atoms with van der Waals surface area (Å²) in [5, 5.41) is 30.9. The predicted molar refractivity (Wildman–Crippen MR) is 71.8 cm³/mol. The van der Waals surface area contributed by atoms with Crippen LogP contribution < -0.4 is 10.1 Å². The Labute approximate surface area is 113 Å². The van der Waals surface area contributed by atoms with Crippen LogP contribution in [0.2, 0.25) is 0 Å². The Kier molecular flexibility index (Phi) is 6.90. The van der Waals surface area contributed by atoms with Gasteiger partial charge in [0.1, 0.15) is 24.5 Å². The van der Waals surface area contributed by atoms with E-state index in [1.165, 1.54) is 0 Å². The minimum Gasteiger partial charge on any atom is -0.489 e. The molecule has 1 aromatic rings. The highest BCUT2D eigenvalue weighted by Gasteiger charge is 2.08. The molecule has 1 aromatic carbocycles. The molecule has 0 saturated carbocycles. The van der Waals surface area contributed by atoms with Gasteiger partial charge in [-0.05, 0) is 18.6 Å². The molecule has 1 rings (SSSR count). The standard InChI is InChI=1S/C14H20N2O3/c1-2-12(17)8-16-9-13(18)10-19-14-6-4-3-5-11(14)7-15/h3-6,12-13,16-18H,2,8-10H2,1H3. The van der Waals surface area contributed by atoms with E-state index in [9.17, 15) is 10.2 Å². The van der Waals surface area contributed by atoms with E-state index >= 15 is 0 Å². The number of aliphatic hydroxyl groups is 2. The summed E-state index contributed by atoms with van der Waals surface area (Å²) in [5.74, 6) is 0.470. The van der Waals surface area contributed by atoms with Gasteiger partial charge in [0.05, 0.1) is 11.7 Å². The lowest BCUT2D eigenvalue weighted by atomic mass is 10.2. The highest BCUT2D eigenvalue weighted by Crippen LogP contribution is 2.16. The van der Waals surface area contributed by atoms with Gasteiger partial charge in [0.15, 0.2) is 0 Å². The Morgan fingerprint density at radius 2 is 1.95 bits per heavy atom. The molecular weight excluding hydrogens is 244 g/mol. The normalized spacial score (nSPS) is 13.6. The van der Waals surface area contributed by atoms with Crippen molar-refractivity contribution in [1.29, 1.82) is 5.26 Å². The van der Waals surface area contributed by atoms with Gasteiger partial charge in [-0.2, -0.15) is 5.26 Å². The molecule has 2 atom stereocenters. The van der Waals surface area contributed by atoms with E-state index < -0.39 is 12.2 Å². The van der Waals surface area contributed by atoms with Crippen LogP contribution in [0.15, 0.2) is 24.3 Å². The van der Waals surface area contributed by atoms with Crippen LogP contribution in [0, 0.1) is 11.3 Å². The monoisotopic (exact) mass is 264 g/mol. The molecule has 0 bridgehead atoms. The van der Waals surface area contributed by atoms with Gasteiger partial charge in [0.2, 0.25) is 0 Å². The molecule has 0 aromatic heterocycles. The summed E-state index contributed by atoms with van der Waals surface area (Å²) in [7, 11) is 0. The lowest BCUT2D eigenvalue weighted by Crippen LogP contribution is -2.35. The van der Waals surface area contributed by atoms with Gasteiger partial charge in [-0.3, -0.25) is 0 Å². The van der Waals surface area contributed by atoms with Gasteiger partial charge < -0.3 is 20.3 Å². The molecule has 0 fully saturated rings. The molecule has 0 radical (unpaired) electrons. The van der Waals surface area contributed by atoms with E-state index in [1.54, 1.807) is 24.3 Å². The Morgan fingerprint density at radius 3 is 2.63 bits per heavy atom. The topological polar surface area (TPSA) is 85.5 Å². The number of nitrogens with zero attached hydrogens (tertiary/aromatic N) is 1. The molecule has 0 spiro atoms. The molecule has 0 aliphatic rings. The first-order valence-corrected chi connectivity index (χ1v) is 6.36. The molecule has 19 heavy (non-hydrogen) atoms. The van der Waals surface area contributed by atoms with E-state index in [-0.39, 0.29) is 6.61 Å². The highest BCUT2D eigenvalue weighted by molar-refractivity contribution is 5.42. The zero-order valence-corrected chi connectivity index (χ0v) is 11.0. The summed E-state index contributed by atoms with van der Waals surface area (Å²) >= 11 is 0. The quantitative estimate of drug-likeness (QED) is 0.642. The summed E-state index contributed by atoms with van der Waals surface area (Å²) in [6, 6.07) is 8.92. The van der Waals surface area contributed by atoms with E-state index in [0.29, 0.717) is 30.8 Å². The van der Waals surface area contributed by atoms with Gasteiger partial charge in [-0.15, -0.1) is 0 Å². The molecule has 0 saturated heterocycles. The third-order valence-electron chi connectivity index (χ3n) is 2.67. The van der Waals surface area contributed by atoms with Crippen molar-refractivity contribution in [2.75, 3.05) is 19.7 Å². The third kappa shape index (κ3) is 5.71. The maximum atomic E-state index is 9.71. The zero-order chi connectivity index (χ0) is 14.1. The summed E-state index contributed by atoms with van der Waals surface area (Å²) < 4.78 is 5.40. The SMILES string of the molecule is CCC(O)CNCC(O)COc1ccccc1C#N. The van der Waals surface area contributed by atoms with Crippen LogP contribution in [-0.2, 0) is 0 Å². The molecule has 2 unspecified atom stereocenters. The molecule has 0 aliphatic heterocycles. The van der Waals surface area contributed by atoms with Crippen LogP contribution in [0.5, 0.6) is 5.75 Å². The van der Waals surface area contributed by atoms with Crippen molar-refractivity contribution in [2.24, 2.45) is 0 Å². The summed E-state index contributed by atoms with van der Waals surface area (Å²) in [5.41, 5.74) is 0.448. The number of aliphatic hydroxyl groups excluding tert-OH is 2. The van der Waals surface area contributed by atoms with Crippen LogP contribution in [0.4, 0.5) is 0 Å². The van der Waals surface area contributed by atoms with Gasteiger partial charge >= 0.3 is 0 Å². The Morgan fingerprint density at radius 1 is 1.26 bits per heavy atom. The number of nitrogens with one attached hydrogen (secondary N) is 1. The van der Waals surface area contributed by atoms with Crippen molar-refractivity contribution < 1.29 is 14.9 Å². The number of hydrogen-bond donors (Lipinski definition) is 3. The van der Waals surface area contributed by atoms with Crippen molar-refractivity contribution >= 4 is 0 Å². The Hall–Kier alpha value is -1.61. The van der Waals surface area contributed by atoms with Gasteiger partial charge in [0.25, 0.3) is 0 Å². The maximum absolute atomic E-state index is 9.71. The van der Waals surface area contributed by atoms with Crippen LogP contribution in [0.25, 0.3) is 0 Å². The van der Waals surface area contributed by atoms with Crippen LogP contribution in [-0.4, -0.2) is 42.1 Å². The lowest BCUT2D eigenvalue weighted by Gasteiger charge is -2.15. The second kappa shape index (κ2) is 8.48. The average molecular weight is 264 g/mol. The summed E-state index contributed by atoms with van der Waals surface area (Å²) in [6.07, 6.45) is -0.405. The number of benzene rings is 1. The minimum absolute atomic E-state index is 0.105. The van der Waals surface area contributed by atoms with Gasteiger partial charge in [-0.25, -0.2) is 0 Å². The number of hydrogen-bond acceptors (Lipinski definition) is 5. The number of ether oxygens (including phenoxy) is 1. The fraction of sp³-hybridized carbons (Fsp3) is 0.500. The average Bonchev–Trinajstić information content (AvgIpc) is 2.45. The molecule has 0 amide bonds. The van der Waals surface area contributed by atoms with E-state index in [2.05, 4.69) is 5.32 Å². The van der Waals surface area contributed by atoms with Crippen molar-refractivity contribution in [3.63, 3.8) is 0 Å². The van der Waals surface area contributed by atoms with Gasteiger partial charge in [-0.1, -0.05) is 19.1 Å². The first-order valence-electron chi connectivity index (χ1n) is 6.36. The van der Waals surface area contributed by atoms with Crippen LogP contribution >= 0.6 is 0 Å². The molecule has 0 aliphatic carbocycles. The van der Waals surface area contributed by atoms with Crippen molar-refractivity contribution in [1.82, 2.24) is 5.32 Å². The van der Waals surface area contributed by atoms with E-state index in [1.807, 2.05) is 13.0 Å². The first kappa shape index (κ1) is 15.4. The first-order chi connectivity index (χ1) is 9.17. The molecular formula is C14H20N2O3. The number of rotatable bonds is 8. The maximum Gasteiger partial charge on any atom is 0.137 e. The third-order valence-corrected chi connectivity index (χ3v) is 2.67. The highest BCUT2D eigenvalue weighted by atomic mass is 16.5. The Bertz CT molecular complexity index is 417. The fourth-order valence-electron chi connectivity index (χ4n) is 1.49. The largest absolute Gasteiger partial charge is 0.489 e. The minimum atomic E-state index is -0.684. The lowest BCUT2D eigenvalue weighted by molar-refractivity contribution is 0.0990. The van der Waals surface area contributed by atoms with Crippen LogP contribution in [0.3, 0.4) is 0 Å². The zero-order valence-electron chi connectivity index (χ0n) is 11.0. The molecule has 0 heterocycles. The van der Waals surface area contributed by atoms with E-state index in [0.717, 1.165) is 0 Å². The molecule has 3 N–H and O–H groups in total. The molecule has 104 valence electrons. The number of para-hydroxylation sites is 1. The second-order valence-corrected chi connectivity index (χ2v) is 4.29. The van der Waals surface area contributed by atoms with Gasteiger partial charge in [0, 0.05) is 13.1 Å². The smallest absolute Gasteiger partial charge is 0.137 e. The predicted octanol–water partition coefficient (Wildman–Crippen LogP) is 0.658. The fourth-order valence-corrected chi connectivity index (χ4v) is 1.49. The molecule has 5 nitrogen and oxygen atoms in total. The van der Waals surface area contributed by atoms with Crippen molar-refractivity contribution in [2.45, 2.75) is 25.6 Å². The second-order valence-electron chi connectivity index (χ2n) is 4.29. The summed E-state index contributed by atoms with van der Waals surface area (Å²) in [6.45, 7) is 2.78. The Balaban J connectivity index is 2.30. The van der Waals surface area contributed by atoms with Crippen LogP contribution in [0.1, 0.15) is 18.9 Å². The summed E-state index contributed by atoms with van der Waals surface area (Å²) in [4.78, 5) is 0. The molecule has 5 heteroatoms. The van der Waals surface area contributed by atoms with E-state index in [4.69, 9.17) is 10.00 Å².